The highest BCUT2D eigenvalue weighted by atomic mass is 19.4. The number of rotatable bonds is 2. The molecule has 0 bridgehead atoms. The Morgan fingerprint density at radius 2 is 2.15 bits per heavy atom. The molecule has 1 aromatic heterocycles. The third-order valence-corrected chi connectivity index (χ3v) is 3.08. The van der Waals surface area contributed by atoms with E-state index in [9.17, 15) is 13.2 Å². The third-order valence-electron chi connectivity index (χ3n) is 3.08. The molecule has 0 spiro atoms. The second kappa shape index (κ2) is 4.73. The van der Waals surface area contributed by atoms with Crippen molar-refractivity contribution in [2.75, 3.05) is 18.1 Å². The van der Waals surface area contributed by atoms with Gasteiger partial charge in [-0.1, -0.05) is 6.07 Å². The van der Waals surface area contributed by atoms with Crippen LogP contribution in [-0.4, -0.2) is 18.1 Å². The van der Waals surface area contributed by atoms with Crippen molar-refractivity contribution in [3.8, 4) is 5.75 Å². The number of halogens is 3. The van der Waals surface area contributed by atoms with Crippen molar-refractivity contribution in [2.45, 2.75) is 12.7 Å². The molecule has 0 aliphatic carbocycles. The van der Waals surface area contributed by atoms with Crippen molar-refractivity contribution in [3.05, 3.63) is 42.1 Å². The highest BCUT2D eigenvalue weighted by Gasteiger charge is 2.37. The van der Waals surface area contributed by atoms with Gasteiger partial charge in [0.05, 0.1) is 30.0 Å². The van der Waals surface area contributed by atoms with Crippen LogP contribution in [0.1, 0.15) is 11.3 Å². The summed E-state index contributed by atoms with van der Waals surface area (Å²) < 4.78 is 49.0. The molecule has 0 N–H and O–H groups in total. The lowest BCUT2D eigenvalue weighted by atomic mass is 10.1. The Hall–Kier alpha value is -2.18. The molecular formula is C13H11F3N2O2. The summed E-state index contributed by atoms with van der Waals surface area (Å²) in [6, 6.07) is 4.02. The number of alkyl halides is 3. The number of para-hydroxylation sites is 1. The largest absolute Gasteiger partial charge is 0.489 e. The Labute approximate surface area is 112 Å². The number of benzene rings is 1. The zero-order valence-corrected chi connectivity index (χ0v) is 10.4. The number of fused-ring (bicyclic) bond motifs is 1. The molecular weight excluding hydrogens is 273 g/mol. The fourth-order valence-corrected chi connectivity index (χ4v) is 2.20. The number of ether oxygens (including phenoxy) is 1. The van der Waals surface area contributed by atoms with Crippen LogP contribution in [0.3, 0.4) is 0 Å². The molecule has 106 valence electrons. The van der Waals surface area contributed by atoms with Gasteiger partial charge in [0.1, 0.15) is 12.9 Å². The zero-order valence-electron chi connectivity index (χ0n) is 10.4. The predicted molar refractivity (Wildman–Crippen MR) is 64.5 cm³/mol. The Kier molecular flexibility index (Phi) is 3.04. The van der Waals surface area contributed by atoms with E-state index < -0.39 is 11.7 Å². The van der Waals surface area contributed by atoms with Gasteiger partial charge in [-0.3, -0.25) is 0 Å². The molecule has 0 saturated heterocycles. The average Bonchev–Trinajstić information content (AvgIpc) is 2.90. The Balaban J connectivity index is 1.97. The van der Waals surface area contributed by atoms with Crippen LogP contribution in [0.15, 0.2) is 35.3 Å². The molecule has 0 amide bonds. The van der Waals surface area contributed by atoms with E-state index in [4.69, 9.17) is 9.15 Å². The van der Waals surface area contributed by atoms with Crippen LogP contribution in [0, 0.1) is 0 Å². The van der Waals surface area contributed by atoms with Crippen LogP contribution in [-0.2, 0) is 12.7 Å². The van der Waals surface area contributed by atoms with Gasteiger partial charge >= 0.3 is 6.18 Å². The van der Waals surface area contributed by atoms with Gasteiger partial charge in [-0.25, -0.2) is 4.98 Å². The summed E-state index contributed by atoms with van der Waals surface area (Å²) in [6.45, 7) is 1.09. The van der Waals surface area contributed by atoms with Gasteiger partial charge in [-0.2, -0.15) is 13.2 Å². The summed E-state index contributed by atoms with van der Waals surface area (Å²) in [4.78, 5) is 5.78. The van der Waals surface area contributed by atoms with Crippen molar-refractivity contribution in [2.24, 2.45) is 0 Å². The fourth-order valence-electron chi connectivity index (χ4n) is 2.20. The van der Waals surface area contributed by atoms with E-state index in [1.165, 1.54) is 18.7 Å². The number of oxazole rings is 1. The summed E-state index contributed by atoms with van der Waals surface area (Å²) in [6.07, 6.45) is -1.66. The maximum absolute atomic E-state index is 13.0. The van der Waals surface area contributed by atoms with Crippen LogP contribution in [0.5, 0.6) is 5.75 Å². The topological polar surface area (TPSA) is 38.5 Å². The lowest BCUT2D eigenvalue weighted by Crippen LogP contribution is -2.33. The third kappa shape index (κ3) is 2.31. The van der Waals surface area contributed by atoms with Gasteiger partial charge in [-0.15, -0.1) is 0 Å². The molecule has 20 heavy (non-hydrogen) atoms. The molecule has 1 aliphatic heterocycles. The van der Waals surface area contributed by atoms with Gasteiger partial charge in [0.15, 0.2) is 12.1 Å². The molecule has 1 aromatic carbocycles. The molecule has 0 atom stereocenters. The summed E-state index contributed by atoms with van der Waals surface area (Å²) in [5.41, 5.74) is 0.337. The maximum Gasteiger partial charge on any atom is 0.420 e. The SMILES string of the molecule is FC(F)(F)c1cccc2c1OCCN2Cc1cocn1. The Morgan fingerprint density at radius 3 is 2.85 bits per heavy atom. The van der Waals surface area contributed by atoms with Gasteiger partial charge in [0.2, 0.25) is 0 Å². The molecule has 0 fully saturated rings. The summed E-state index contributed by atoms with van der Waals surface area (Å²) >= 11 is 0. The van der Waals surface area contributed by atoms with E-state index in [1.54, 1.807) is 11.0 Å². The smallest absolute Gasteiger partial charge is 0.420 e. The van der Waals surface area contributed by atoms with Crippen molar-refractivity contribution in [3.63, 3.8) is 0 Å². The first-order valence-corrected chi connectivity index (χ1v) is 6.01. The zero-order chi connectivity index (χ0) is 14.2. The summed E-state index contributed by atoms with van der Waals surface area (Å²) in [5, 5.41) is 0. The summed E-state index contributed by atoms with van der Waals surface area (Å²) in [5.74, 6) is -0.116. The van der Waals surface area contributed by atoms with Gasteiger partial charge in [-0.05, 0) is 12.1 Å². The molecule has 0 unspecified atom stereocenters. The molecule has 7 heteroatoms. The van der Waals surface area contributed by atoms with E-state index in [0.717, 1.165) is 6.07 Å². The van der Waals surface area contributed by atoms with E-state index in [0.29, 0.717) is 24.5 Å². The first-order valence-electron chi connectivity index (χ1n) is 6.01. The fraction of sp³-hybridized carbons (Fsp3) is 0.308. The summed E-state index contributed by atoms with van der Waals surface area (Å²) in [7, 11) is 0. The number of hydrogen-bond acceptors (Lipinski definition) is 4. The van der Waals surface area contributed by atoms with E-state index in [2.05, 4.69) is 4.98 Å². The van der Waals surface area contributed by atoms with E-state index in [1.807, 2.05) is 0 Å². The van der Waals surface area contributed by atoms with Crippen molar-refractivity contribution in [1.82, 2.24) is 4.98 Å². The number of anilines is 1. The normalized spacial score (nSPS) is 14.8. The van der Waals surface area contributed by atoms with Crippen molar-refractivity contribution < 1.29 is 22.3 Å². The molecule has 4 nitrogen and oxygen atoms in total. The number of nitrogens with zero attached hydrogens (tertiary/aromatic N) is 2. The molecule has 1 aliphatic rings. The lowest BCUT2D eigenvalue weighted by Gasteiger charge is -2.32. The van der Waals surface area contributed by atoms with E-state index in [-0.39, 0.29) is 12.4 Å². The molecule has 0 radical (unpaired) electrons. The molecule has 0 saturated carbocycles. The Bertz CT molecular complexity index is 596. The van der Waals surface area contributed by atoms with Gasteiger partial charge < -0.3 is 14.1 Å². The first kappa shape index (κ1) is 12.8. The second-order valence-electron chi connectivity index (χ2n) is 4.40. The van der Waals surface area contributed by atoms with Crippen LogP contribution in [0.2, 0.25) is 0 Å². The van der Waals surface area contributed by atoms with Crippen LogP contribution in [0.4, 0.5) is 18.9 Å². The van der Waals surface area contributed by atoms with Crippen molar-refractivity contribution in [1.29, 1.82) is 0 Å². The number of aromatic nitrogens is 1. The molecule has 2 aromatic rings. The highest BCUT2D eigenvalue weighted by Crippen LogP contribution is 2.43. The second-order valence-corrected chi connectivity index (χ2v) is 4.40. The molecule has 3 rings (SSSR count). The Morgan fingerprint density at radius 1 is 1.30 bits per heavy atom. The standard InChI is InChI=1S/C13H11F3N2O2/c14-13(15,16)10-2-1-3-11-12(10)20-5-4-18(11)6-9-7-19-8-17-9/h1-3,7-8H,4-6H2. The van der Waals surface area contributed by atoms with Gasteiger partial charge in [0.25, 0.3) is 0 Å². The van der Waals surface area contributed by atoms with Crippen LogP contribution >= 0.6 is 0 Å². The average molecular weight is 284 g/mol. The van der Waals surface area contributed by atoms with Crippen LogP contribution in [0.25, 0.3) is 0 Å². The van der Waals surface area contributed by atoms with E-state index >= 15 is 0 Å². The minimum Gasteiger partial charge on any atom is -0.489 e. The van der Waals surface area contributed by atoms with Crippen LogP contribution < -0.4 is 9.64 Å². The predicted octanol–water partition coefficient (Wildman–Crippen LogP) is 3.09. The van der Waals surface area contributed by atoms with Crippen molar-refractivity contribution >= 4 is 5.69 Å². The monoisotopic (exact) mass is 284 g/mol. The highest BCUT2D eigenvalue weighted by molar-refractivity contribution is 5.64. The van der Waals surface area contributed by atoms with Gasteiger partial charge in [0, 0.05) is 0 Å². The minimum absolute atomic E-state index is 0.116. The minimum atomic E-state index is -4.43. The first-order chi connectivity index (χ1) is 9.55. The lowest BCUT2D eigenvalue weighted by molar-refractivity contribution is -0.139. The quantitative estimate of drug-likeness (QED) is 0.849. The number of hydrogen-bond donors (Lipinski definition) is 0. The molecule has 2 heterocycles. The maximum atomic E-state index is 13.0.